The van der Waals surface area contributed by atoms with Gasteiger partial charge in [-0.1, -0.05) is 108 Å². The van der Waals surface area contributed by atoms with Crippen molar-refractivity contribution in [1.29, 1.82) is 0 Å². The Balaban J connectivity index is 1.39. The quantitative estimate of drug-likeness (QED) is 0.206. The molecule has 2 aliphatic carbocycles. The molecule has 0 aromatic heterocycles. The van der Waals surface area contributed by atoms with Crippen molar-refractivity contribution in [2.45, 2.75) is 129 Å². The minimum Gasteiger partial charge on any atom is -0.497 e. The highest BCUT2D eigenvalue weighted by molar-refractivity contribution is 6.47. The number of rotatable bonds is 14. The standard InChI is InChI=1S/C37H55BO5/c1-5-27(2)34(40-25-29-15-9-6-10-16-29)28(3)37(41-26-30-21-23-33(39-4)24-22-30)38-42-35(31-17-11-7-12-18-31)36(43-38)32-19-13-8-14-20-32/h6,9-10,15-16,21-24,27-28,31-32,34-37H,5,7-8,11-14,17-20,25-26H2,1-4H3/t27-,28+,34+,35-,36-,37+/m0/s1. The molecule has 1 heterocycles. The molecule has 0 radical (unpaired) electrons. The van der Waals surface area contributed by atoms with Crippen LogP contribution < -0.4 is 4.74 Å². The molecule has 2 aromatic rings. The molecule has 3 aliphatic rings. The van der Waals surface area contributed by atoms with Crippen molar-refractivity contribution >= 4 is 7.12 Å². The smallest absolute Gasteiger partial charge is 0.488 e. The fourth-order valence-electron chi connectivity index (χ4n) is 7.75. The summed E-state index contributed by atoms with van der Waals surface area (Å²) in [6, 6.07) is 18.4. The number of benzene rings is 2. The first-order chi connectivity index (χ1) is 21.1. The maximum Gasteiger partial charge on any atom is 0.488 e. The highest BCUT2D eigenvalue weighted by atomic mass is 16.7. The third-order valence-corrected chi connectivity index (χ3v) is 10.5. The van der Waals surface area contributed by atoms with Crippen LogP contribution in [-0.4, -0.2) is 38.5 Å². The normalized spacial score (nSPS) is 24.9. The molecule has 43 heavy (non-hydrogen) atoms. The Hall–Kier alpha value is -1.86. The van der Waals surface area contributed by atoms with Crippen molar-refractivity contribution in [3.63, 3.8) is 0 Å². The van der Waals surface area contributed by atoms with Crippen LogP contribution in [0, 0.1) is 23.7 Å². The Kier molecular flexibility index (Phi) is 12.4. The van der Waals surface area contributed by atoms with E-state index < -0.39 is 0 Å². The number of hydrogen-bond acceptors (Lipinski definition) is 5. The molecule has 2 aromatic carbocycles. The van der Waals surface area contributed by atoms with Gasteiger partial charge >= 0.3 is 7.12 Å². The molecule has 5 rings (SSSR count). The average molecular weight is 591 g/mol. The predicted molar refractivity (Wildman–Crippen MR) is 174 cm³/mol. The van der Waals surface area contributed by atoms with Crippen LogP contribution in [0.25, 0.3) is 0 Å². The van der Waals surface area contributed by atoms with Gasteiger partial charge in [0.25, 0.3) is 0 Å². The van der Waals surface area contributed by atoms with Gasteiger partial charge in [0, 0.05) is 5.92 Å². The molecule has 6 atom stereocenters. The second-order valence-electron chi connectivity index (χ2n) is 13.5. The van der Waals surface area contributed by atoms with Crippen molar-refractivity contribution in [3.05, 3.63) is 65.7 Å². The lowest BCUT2D eigenvalue weighted by atomic mass is 9.70. The lowest BCUT2D eigenvalue weighted by molar-refractivity contribution is -0.0754. The highest BCUT2D eigenvalue weighted by Crippen LogP contribution is 2.42. The molecule has 1 saturated heterocycles. The van der Waals surface area contributed by atoms with Crippen LogP contribution in [0.2, 0.25) is 0 Å². The molecule has 3 fully saturated rings. The van der Waals surface area contributed by atoms with Crippen LogP contribution in [0.4, 0.5) is 0 Å². The van der Waals surface area contributed by atoms with Gasteiger partial charge in [-0.3, -0.25) is 0 Å². The van der Waals surface area contributed by atoms with Gasteiger partial charge in [-0.15, -0.1) is 0 Å². The first kappa shape index (κ1) is 32.5. The molecular formula is C37H55BO5. The number of hydrogen-bond donors (Lipinski definition) is 0. The summed E-state index contributed by atoms with van der Waals surface area (Å²) in [5, 5.41) is 0. The SMILES string of the molecule is CC[C@H](C)[C@@H](OCc1ccccc1)[C@@H](C)[C@@H](OCc1ccc(OC)cc1)B1O[C@@H](C2CCCCC2)[C@H](C2CCCCC2)O1. The zero-order chi connectivity index (χ0) is 30.0. The van der Waals surface area contributed by atoms with E-state index in [0.717, 1.165) is 17.7 Å². The maximum absolute atomic E-state index is 7.08. The average Bonchev–Trinajstić information content (AvgIpc) is 3.51. The zero-order valence-electron chi connectivity index (χ0n) is 27.1. The Bertz CT molecular complexity index is 1030. The molecule has 5 nitrogen and oxygen atoms in total. The van der Waals surface area contributed by atoms with Crippen LogP contribution >= 0.6 is 0 Å². The maximum atomic E-state index is 7.08. The minimum absolute atomic E-state index is 0.0140. The van der Waals surface area contributed by atoms with Gasteiger partial charge in [0.1, 0.15) is 5.75 Å². The Labute approximate surface area is 261 Å². The second kappa shape index (κ2) is 16.5. The molecule has 0 unspecified atom stereocenters. The molecule has 236 valence electrons. The predicted octanol–water partition coefficient (Wildman–Crippen LogP) is 8.82. The first-order valence-electron chi connectivity index (χ1n) is 17.3. The van der Waals surface area contributed by atoms with Crippen molar-refractivity contribution < 1.29 is 23.5 Å². The van der Waals surface area contributed by atoms with Crippen LogP contribution in [-0.2, 0) is 32.0 Å². The summed E-state index contributed by atoms with van der Waals surface area (Å²) in [5.74, 6) is 2.48. The first-order valence-corrected chi connectivity index (χ1v) is 17.3. The molecule has 0 amide bonds. The van der Waals surface area contributed by atoms with E-state index in [4.69, 9.17) is 23.5 Å². The van der Waals surface area contributed by atoms with E-state index in [1.54, 1.807) is 7.11 Å². The minimum atomic E-state index is -0.390. The van der Waals surface area contributed by atoms with Gasteiger partial charge in [0.15, 0.2) is 0 Å². The molecule has 0 N–H and O–H groups in total. The summed E-state index contributed by atoms with van der Waals surface area (Å²) in [6.07, 6.45) is 14.3. The Morgan fingerprint density at radius 1 is 0.721 bits per heavy atom. The summed E-state index contributed by atoms with van der Waals surface area (Å²) < 4.78 is 33.2. The van der Waals surface area contributed by atoms with Gasteiger partial charge < -0.3 is 23.5 Å². The second-order valence-corrected chi connectivity index (χ2v) is 13.5. The van der Waals surface area contributed by atoms with Crippen LogP contribution in [0.3, 0.4) is 0 Å². The van der Waals surface area contributed by atoms with Gasteiger partial charge in [0.2, 0.25) is 0 Å². The topological polar surface area (TPSA) is 46.2 Å². The largest absolute Gasteiger partial charge is 0.497 e. The Morgan fingerprint density at radius 2 is 1.26 bits per heavy atom. The fraction of sp³-hybridized carbons (Fsp3) is 0.676. The van der Waals surface area contributed by atoms with Gasteiger partial charge in [-0.2, -0.15) is 0 Å². The van der Waals surface area contributed by atoms with Crippen LogP contribution in [0.15, 0.2) is 54.6 Å². The molecule has 2 saturated carbocycles. The van der Waals surface area contributed by atoms with E-state index in [-0.39, 0.29) is 37.4 Å². The van der Waals surface area contributed by atoms with E-state index >= 15 is 0 Å². The van der Waals surface area contributed by atoms with Crippen molar-refractivity contribution in [3.8, 4) is 5.75 Å². The Morgan fingerprint density at radius 3 is 1.79 bits per heavy atom. The number of methoxy groups -OCH3 is 1. The van der Waals surface area contributed by atoms with E-state index in [1.165, 1.54) is 69.8 Å². The van der Waals surface area contributed by atoms with E-state index in [2.05, 4.69) is 63.2 Å². The monoisotopic (exact) mass is 590 g/mol. The molecular weight excluding hydrogens is 535 g/mol. The van der Waals surface area contributed by atoms with E-state index in [1.807, 2.05) is 12.1 Å². The van der Waals surface area contributed by atoms with E-state index in [9.17, 15) is 0 Å². The van der Waals surface area contributed by atoms with Gasteiger partial charge in [-0.05, 0) is 66.7 Å². The zero-order valence-corrected chi connectivity index (χ0v) is 27.1. The molecule has 0 bridgehead atoms. The lowest BCUT2D eigenvalue weighted by Gasteiger charge is -2.35. The highest BCUT2D eigenvalue weighted by Gasteiger charge is 2.52. The molecule has 1 aliphatic heterocycles. The third kappa shape index (κ3) is 8.66. The summed E-state index contributed by atoms with van der Waals surface area (Å²) in [7, 11) is 1.31. The molecule has 6 heteroatoms. The summed E-state index contributed by atoms with van der Waals surface area (Å²) >= 11 is 0. The molecule has 0 spiro atoms. The lowest BCUT2D eigenvalue weighted by Crippen LogP contribution is -2.47. The van der Waals surface area contributed by atoms with Crippen molar-refractivity contribution in [2.75, 3.05) is 7.11 Å². The van der Waals surface area contributed by atoms with Crippen LogP contribution in [0.1, 0.15) is 103 Å². The van der Waals surface area contributed by atoms with Crippen molar-refractivity contribution in [2.24, 2.45) is 23.7 Å². The van der Waals surface area contributed by atoms with Gasteiger partial charge in [-0.25, -0.2) is 0 Å². The van der Waals surface area contributed by atoms with Crippen molar-refractivity contribution in [1.82, 2.24) is 0 Å². The summed E-state index contributed by atoms with van der Waals surface area (Å²) in [6.45, 7) is 7.93. The third-order valence-electron chi connectivity index (χ3n) is 10.5. The summed E-state index contributed by atoms with van der Waals surface area (Å²) in [5.41, 5.74) is 2.32. The fourth-order valence-corrected chi connectivity index (χ4v) is 7.75. The number of ether oxygens (including phenoxy) is 3. The van der Waals surface area contributed by atoms with Crippen LogP contribution in [0.5, 0.6) is 5.75 Å². The van der Waals surface area contributed by atoms with Gasteiger partial charge in [0.05, 0.1) is 44.6 Å². The van der Waals surface area contributed by atoms with E-state index in [0.29, 0.717) is 31.0 Å². The summed E-state index contributed by atoms with van der Waals surface area (Å²) in [4.78, 5) is 0.